The third-order valence-corrected chi connectivity index (χ3v) is 4.51. The Labute approximate surface area is 127 Å². The van der Waals surface area contributed by atoms with Crippen LogP contribution in [0.4, 0.5) is 0 Å². The Balaban J connectivity index is 2.52. The Bertz CT molecular complexity index is 783. The number of imidazole rings is 1. The fourth-order valence-corrected chi connectivity index (χ4v) is 3.26. The number of aryl methyl sites for hydroxylation is 1. The first kappa shape index (κ1) is 15.8. The maximum Gasteiger partial charge on any atom is 0.217 e. The number of fused-ring (bicyclic) bond motifs is 1. The van der Waals surface area contributed by atoms with Crippen molar-refractivity contribution in [3.8, 4) is 0 Å². The van der Waals surface area contributed by atoms with Gasteiger partial charge in [-0.3, -0.25) is 4.79 Å². The number of primary amides is 1. The zero-order valence-electron chi connectivity index (χ0n) is 11.5. The molecule has 1 heterocycles. The molecule has 0 aliphatic heterocycles. The Kier molecular flexibility index (Phi) is 4.53. The van der Waals surface area contributed by atoms with Gasteiger partial charge in [0.25, 0.3) is 0 Å². The topological polar surface area (TPSA) is 95.1 Å². The van der Waals surface area contributed by atoms with Crippen molar-refractivity contribution in [1.29, 1.82) is 0 Å². The molecule has 0 radical (unpaired) electrons. The molecule has 0 spiro atoms. The molecular formula is C13H16ClN3O3S. The Morgan fingerprint density at radius 1 is 1.43 bits per heavy atom. The molecule has 114 valence electrons. The number of hydrogen-bond acceptors (Lipinski definition) is 4. The van der Waals surface area contributed by atoms with Gasteiger partial charge in [-0.05, 0) is 18.6 Å². The molecule has 2 N–H and O–H groups in total. The Morgan fingerprint density at radius 3 is 2.71 bits per heavy atom. The van der Waals surface area contributed by atoms with E-state index in [2.05, 4.69) is 4.98 Å². The zero-order chi connectivity index (χ0) is 15.6. The standard InChI is InChI=1S/C13H16ClN3O3S/c1-21(19,20)10-5-2-4-9-13(10)16-12(8-14)17(9)7-3-6-11(15)18/h2,4-5H,3,6-8H2,1H3,(H2,15,18). The quantitative estimate of drug-likeness (QED) is 0.811. The molecule has 1 amide bonds. The number of carbonyl (C=O) groups excluding carboxylic acids is 1. The van der Waals surface area contributed by atoms with Crippen molar-refractivity contribution in [3.05, 3.63) is 24.0 Å². The van der Waals surface area contributed by atoms with Crippen molar-refractivity contribution < 1.29 is 13.2 Å². The summed E-state index contributed by atoms with van der Waals surface area (Å²) < 4.78 is 25.5. The second-order valence-electron chi connectivity index (χ2n) is 4.78. The van der Waals surface area contributed by atoms with Gasteiger partial charge in [0.15, 0.2) is 9.84 Å². The van der Waals surface area contributed by atoms with Crippen molar-refractivity contribution in [3.63, 3.8) is 0 Å². The van der Waals surface area contributed by atoms with E-state index in [9.17, 15) is 13.2 Å². The van der Waals surface area contributed by atoms with E-state index in [0.717, 1.165) is 6.26 Å². The van der Waals surface area contributed by atoms with Gasteiger partial charge in [-0.25, -0.2) is 13.4 Å². The number of halogens is 1. The van der Waals surface area contributed by atoms with Gasteiger partial charge in [-0.15, -0.1) is 11.6 Å². The molecule has 0 fully saturated rings. The number of aromatic nitrogens is 2. The highest BCUT2D eigenvalue weighted by molar-refractivity contribution is 7.91. The lowest BCUT2D eigenvalue weighted by atomic mass is 10.2. The van der Waals surface area contributed by atoms with Crippen LogP contribution in [0.3, 0.4) is 0 Å². The lowest BCUT2D eigenvalue weighted by Gasteiger charge is -2.07. The fourth-order valence-electron chi connectivity index (χ4n) is 2.23. The number of carbonyl (C=O) groups is 1. The smallest absolute Gasteiger partial charge is 0.217 e. The van der Waals surface area contributed by atoms with Crippen LogP contribution in [0.1, 0.15) is 18.7 Å². The molecule has 2 rings (SSSR count). The normalized spacial score (nSPS) is 11.9. The van der Waals surface area contributed by atoms with Gasteiger partial charge >= 0.3 is 0 Å². The van der Waals surface area contributed by atoms with Crippen molar-refractivity contribution >= 4 is 38.4 Å². The molecule has 2 aromatic rings. The van der Waals surface area contributed by atoms with Crippen LogP contribution >= 0.6 is 11.6 Å². The van der Waals surface area contributed by atoms with Crippen LogP contribution in [-0.2, 0) is 27.1 Å². The van der Waals surface area contributed by atoms with Crippen LogP contribution in [-0.4, -0.2) is 30.1 Å². The van der Waals surface area contributed by atoms with Crippen molar-refractivity contribution in [1.82, 2.24) is 9.55 Å². The molecule has 0 bridgehead atoms. The molecule has 0 aliphatic carbocycles. The molecule has 21 heavy (non-hydrogen) atoms. The number of alkyl halides is 1. The first-order valence-corrected chi connectivity index (χ1v) is 8.79. The Morgan fingerprint density at radius 2 is 2.14 bits per heavy atom. The minimum Gasteiger partial charge on any atom is -0.370 e. The molecule has 8 heteroatoms. The van der Waals surface area contributed by atoms with E-state index in [-0.39, 0.29) is 23.1 Å². The predicted molar refractivity (Wildman–Crippen MR) is 80.8 cm³/mol. The van der Waals surface area contributed by atoms with Crippen LogP contribution in [0, 0.1) is 0 Å². The first-order valence-electron chi connectivity index (χ1n) is 6.37. The number of benzene rings is 1. The van der Waals surface area contributed by atoms with Crippen LogP contribution in [0.5, 0.6) is 0 Å². The number of hydrogen-bond donors (Lipinski definition) is 1. The van der Waals surface area contributed by atoms with Crippen LogP contribution in [0.25, 0.3) is 11.0 Å². The number of rotatable bonds is 6. The summed E-state index contributed by atoms with van der Waals surface area (Å²) in [6.45, 7) is 0.509. The molecule has 6 nitrogen and oxygen atoms in total. The number of para-hydroxylation sites is 1. The lowest BCUT2D eigenvalue weighted by Crippen LogP contribution is -2.12. The summed E-state index contributed by atoms with van der Waals surface area (Å²) in [6.07, 6.45) is 1.95. The fraction of sp³-hybridized carbons (Fsp3) is 0.385. The molecular weight excluding hydrogens is 314 g/mol. The molecule has 0 atom stereocenters. The summed E-state index contributed by atoms with van der Waals surface area (Å²) in [7, 11) is -3.37. The number of sulfone groups is 1. The average Bonchev–Trinajstić information content (AvgIpc) is 2.75. The molecule has 0 saturated heterocycles. The maximum absolute atomic E-state index is 11.8. The predicted octanol–water partition coefficient (Wildman–Crippen LogP) is 1.44. The van der Waals surface area contributed by atoms with Crippen LogP contribution < -0.4 is 5.73 Å². The molecule has 0 unspecified atom stereocenters. The van der Waals surface area contributed by atoms with Gasteiger partial charge < -0.3 is 10.3 Å². The highest BCUT2D eigenvalue weighted by atomic mass is 35.5. The van der Waals surface area contributed by atoms with Gasteiger partial charge in [0.2, 0.25) is 5.91 Å². The molecule has 0 saturated carbocycles. The summed E-state index contributed by atoms with van der Waals surface area (Å²) in [5, 5.41) is 0. The zero-order valence-corrected chi connectivity index (χ0v) is 13.1. The monoisotopic (exact) mass is 329 g/mol. The molecule has 1 aromatic carbocycles. The van der Waals surface area contributed by atoms with Crippen molar-refractivity contribution in [2.24, 2.45) is 5.73 Å². The largest absolute Gasteiger partial charge is 0.370 e. The van der Waals surface area contributed by atoms with Crippen molar-refractivity contribution in [2.75, 3.05) is 6.26 Å². The van der Waals surface area contributed by atoms with E-state index in [0.29, 0.717) is 29.8 Å². The van der Waals surface area contributed by atoms with E-state index >= 15 is 0 Å². The SMILES string of the molecule is CS(=O)(=O)c1cccc2c1nc(CCl)n2CCCC(N)=O. The number of nitrogens with two attached hydrogens (primary N) is 1. The molecule has 0 aliphatic rings. The summed E-state index contributed by atoms with van der Waals surface area (Å²) in [5.41, 5.74) is 6.23. The van der Waals surface area contributed by atoms with E-state index in [1.165, 1.54) is 6.07 Å². The average molecular weight is 330 g/mol. The Hall–Kier alpha value is -1.60. The van der Waals surface area contributed by atoms with E-state index in [1.54, 1.807) is 12.1 Å². The highest BCUT2D eigenvalue weighted by Crippen LogP contribution is 2.25. The van der Waals surface area contributed by atoms with Crippen molar-refractivity contribution in [2.45, 2.75) is 30.2 Å². The summed E-state index contributed by atoms with van der Waals surface area (Å²) in [4.78, 5) is 15.3. The van der Waals surface area contributed by atoms with Gasteiger partial charge in [-0.2, -0.15) is 0 Å². The third kappa shape index (κ3) is 3.36. The summed E-state index contributed by atoms with van der Waals surface area (Å²) in [6, 6.07) is 4.98. The number of amides is 1. The summed E-state index contributed by atoms with van der Waals surface area (Å²) in [5.74, 6) is 0.366. The number of nitrogens with zero attached hydrogens (tertiary/aromatic N) is 2. The minimum atomic E-state index is -3.37. The van der Waals surface area contributed by atoms with Gasteiger partial charge in [0, 0.05) is 19.2 Å². The van der Waals surface area contributed by atoms with Crippen LogP contribution in [0.15, 0.2) is 23.1 Å². The first-order chi connectivity index (χ1) is 9.84. The third-order valence-electron chi connectivity index (χ3n) is 3.14. The second-order valence-corrected chi connectivity index (χ2v) is 7.03. The van der Waals surface area contributed by atoms with Gasteiger partial charge in [0.1, 0.15) is 11.3 Å². The lowest BCUT2D eigenvalue weighted by molar-refractivity contribution is -0.118. The van der Waals surface area contributed by atoms with Gasteiger partial charge in [-0.1, -0.05) is 6.07 Å². The molecule has 1 aromatic heterocycles. The van der Waals surface area contributed by atoms with E-state index < -0.39 is 9.84 Å². The highest BCUT2D eigenvalue weighted by Gasteiger charge is 2.18. The maximum atomic E-state index is 11.8. The minimum absolute atomic E-state index is 0.161. The second kappa shape index (κ2) is 6.03. The summed E-state index contributed by atoms with van der Waals surface area (Å²) >= 11 is 5.89. The van der Waals surface area contributed by atoms with E-state index in [1.807, 2.05) is 4.57 Å². The van der Waals surface area contributed by atoms with Gasteiger partial charge in [0.05, 0.1) is 16.3 Å². The van der Waals surface area contributed by atoms with Crippen LogP contribution in [0.2, 0.25) is 0 Å². The van der Waals surface area contributed by atoms with E-state index in [4.69, 9.17) is 17.3 Å².